The molecule has 0 saturated carbocycles. The average molecular weight is 283 g/mol. The lowest BCUT2D eigenvalue weighted by Crippen LogP contribution is -2.45. The molecule has 0 radical (unpaired) electrons. The molecule has 6 heteroatoms. The molecule has 0 unspecified atom stereocenters. The van der Waals surface area contributed by atoms with Gasteiger partial charge in [0.05, 0.1) is 5.41 Å². The fraction of sp³-hybridized carbons (Fsp3) is 0.429. The van der Waals surface area contributed by atoms with Gasteiger partial charge in [0, 0.05) is 24.7 Å². The van der Waals surface area contributed by atoms with E-state index < -0.39 is 28.9 Å². The summed E-state index contributed by atoms with van der Waals surface area (Å²) >= 11 is 0. The molecular formula is C14H15F2NO3. The molecule has 1 aliphatic rings. The molecule has 1 N–H and O–H groups in total. The van der Waals surface area contributed by atoms with Crippen LogP contribution in [0.2, 0.25) is 0 Å². The molecule has 2 rings (SSSR count). The molecular weight excluding hydrogens is 268 g/mol. The number of rotatable bonds is 2. The Morgan fingerprint density at radius 2 is 1.65 bits per heavy atom. The smallest absolute Gasteiger partial charge is 0.309 e. The summed E-state index contributed by atoms with van der Waals surface area (Å²) in [7, 11) is 0. The van der Waals surface area contributed by atoms with Gasteiger partial charge in [0.1, 0.15) is 11.6 Å². The van der Waals surface area contributed by atoms with Crippen molar-refractivity contribution in [1.29, 1.82) is 0 Å². The van der Waals surface area contributed by atoms with E-state index in [0.29, 0.717) is 18.9 Å². The monoisotopic (exact) mass is 283 g/mol. The van der Waals surface area contributed by atoms with Crippen LogP contribution in [0.5, 0.6) is 0 Å². The number of nitrogens with zero attached hydrogens (tertiary/aromatic N) is 1. The van der Waals surface area contributed by atoms with Gasteiger partial charge in [-0.3, -0.25) is 9.59 Å². The molecule has 1 heterocycles. The molecule has 1 aromatic carbocycles. The molecule has 1 aliphatic heterocycles. The van der Waals surface area contributed by atoms with Crippen molar-refractivity contribution >= 4 is 11.9 Å². The van der Waals surface area contributed by atoms with E-state index >= 15 is 0 Å². The van der Waals surface area contributed by atoms with Gasteiger partial charge in [0.15, 0.2) is 0 Å². The van der Waals surface area contributed by atoms with Gasteiger partial charge in [-0.1, -0.05) is 0 Å². The minimum atomic E-state index is -0.888. The second-order valence-electron chi connectivity index (χ2n) is 5.32. The number of hydrogen-bond donors (Lipinski definition) is 1. The van der Waals surface area contributed by atoms with Crippen LogP contribution >= 0.6 is 0 Å². The van der Waals surface area contributed by atoms with E-state index in [0.717, 1.165) is 12.1 Å². The Morgan fingerprint density at radius 3 is 2.10 bits per heavy atom. The first-order chi connectivity index (χ1) is 9.32. The molecule has 0 atom stereocenters. The van der Waals surface area contributed by atoms with Crippen LogP contribution in [-0.2, 0) is 4.79 Å². The van der Waals surface area contributed by atoms with Crippen LogP contribution in [0, 0.1) is 17.0 Å². The fourth-order valence-corrected chi connectivity index (χ4v) is 2.28. The zero-order chi connectivity index (χ0) is 14.9. The second kappa shape index (κ2) is 5.19. The minimum absolute atomic E-state index is 0.0542. The maximum atomic E-state index is 13.1. The second-order valence-corrected chi connectivity index (χ2v) is 5.32. The zero-order valence-electron chi connectivity index (χ0n) is 11.0. The van der Waals surface area contributed by atoms with E-state index in [2.05, 4.69) is 0 Å². The highest BCUT2D eigenvalue weighted by Gasteiger charge is 2.38. The SMILES string of the molecule is CC1(C(=O)O)CCN(C(=O)c2cc(F)cc(F)c2)CC1. The van der Waals surface area contributed by atoms with Gasteiger partial charge in [-0.2, -0.15) is 0 Å². The van der Waals surface area contributed by atoms with Gasteiger partial charge in [-0.25, -0.2) is 8.78 Å². The fourth-order valence-electron chi connectivity index (χ4n) is 2.28. The lowest BCUT2D eigenvalue weighted by Gasteiger charge is -2.36. The lowest BCUT2D eigenvalue weighted by atomic mass is 9.80. The summed E-state index contributed by atoms with van der Waals surface area (Å²) in [5, 5.41) is 9.11. The van der Waals surface area contributed by atoms with Crippen molar-refractivity contribution in [2.45, 2.75) is 19.8 Å². The third-order valence-electron chi connectivity index (χ3n) is 3.78. The van der Waals surface area contributed by atoms with Crippen LogP contribution in [0.15, 0.2) is 18.2 Å². The lowest BCUT2D eigenvalue weighted by molar-refractivity contribution is -0.150. The molecule has 108 valence electrons. The molecule has 1 saturated heterocycles. The maximum absolute atomic E-state index is 13.1. The summed E-state index contributed by atoms with van der Waals surface area (Å²) in [6.07, 6.45) is 0.651. The molecule has 1 fully saturated rings. The Labute approximate surface area is 115 Å². The number of carboxylic acid groups (broad SMARTS) is 1. The Morgan fingerprint density at radius 1 is 1.15 bits per heavy atom. The van der Waals surface area contributed by atoms with Gasteiger partial charge in [-0.15, -0.1) is 0 Å². The van der Waals surface area contributed by atoms with Crippen LogP contribution in [0.1, 0.15) is 30.1 Å². The van der Waals surface area contributed by atoms with E-state index in [9.17, 15) is 18.4 Å². The van der Waals surface area contributed by atoms with Gasteiger partial charge in [0.2, 0.25) is 0 Å². The summed E-state index contributed by atoms with van der Waals surface area (Å²) in [5.74, 6) is -2.97. The highest BCUT2D eigenvalue weighted by molar-refractivity contribution is 5.94. The third kappa shape index (κ3) is 2.79. The van der Waals surface area contributed by atoms with Crippen LogP contribution in [-0.4, -0.2) is 35.0 Å². The van der Waals surface area contributed by atoms with Crippen molar-refractivity contribution in [2.24, 2.45) is 5.41 Å². The largest absolute Gasteiger partial charge is 0.481 e. The molecule has 1 amide bonds. The van der Waals surface area contributed by atoms with E-state index in [1.54, 1.807) is 6.92 Å². The number of hydrogen-bond acceptors (Lipinski definition) is 2. The normalized spacial score (nSPS) is 17.9. The maximum Gasteiger partial charge on any atom is 0.309 e. The van der Waals surface area contributed by atoms with Crippen molar-refractivity contribution in [1.82, 2.24) is 4.90 Å². The van der Waals surface area contributed by atoms with Crippen molar-refractivity contribution in [3.8, 4) is 0 Å². The molecule has 4 nitrogen and oxygen atoms in total. The predicted molar refractivity (Wildman–Crippen MR) is 67.2 cm³/mol. The summed E-state index contributed by atoms with van der Waals surface area (Å²) in [4.78, 5) is 24.7. The highest BCUT2D eigenvalue weighted by atomic mass is 19.1. The number of carbonyl (C=O) groups is 2. The third-order valence-corrected chi connectivity index (χ3v) is 3.78. The van der Waals surface area contributed by atoms with Gasteiger partial charge < -0.3 is 10.0 Å². The molecule has 20 heavy (non-hydrogen) atoms. The van der Waals surface area contributed by atoms with Gasteiger partial charge in [-0.05, 0) is 31.9 Å². The van der Waals surface area contributed by atoms with E-state index in [4.69, 9.17) is 5.11 Å². The van der Waals surface area contributed by atoms with Crippen molar-refractivity contribution in [3.05, 3.63) is 35.4 Å². The van der Waals surface area contributed by atoms with Crippen LogP contribution in [0.25, 0.3) is 0 Å². The molecule has 0 bridgehead atoms. The predicted octanol–water partition coefficient (Wildman–Crippen LogP) is 2.29. The number of piperidine rings is 1. The summed E-state index contributed by atoms with van der Waals surface area (Å²) < 4.78 is 26.2. The minimum Gasteiger partial charge on any atom is -0.481 e. The zero-order valence-corrected chi connectivity index (χ0v) is 11.0. The molecule has 1 aromatic rings. The molecule has 0 aliphatic carbocycles. The number of aliphatic carboxylic acids is 1. The van der Waals surface area contributed by atoms with E-state index in [-0.39, 0.29) is 18.7 Å². The average Bonchev–Trinajstić information content (AvgIpc) is 2.37. The summed E-state index contributed by atoms with van der Waals surface area (Å²) in [6.45, 7) is 2.17. The number of benzene rings is 1. The van der Waals surface area contributed by atoms with Crippen molar-refractivity contribution in [2.75, 3.05) is 13.1 Å². The van der Waals surface area contributed by atoms with Crippen molar-refractivity contribution in [3.63, 3.8) is 0 Å². The Kier molecular flexibility index (Phi) is 3.74. The first-order valence-electron chi connectivity index (χ1n) is 6.31. The quantitative estimate of drug-likeness (QED) is 0.906. The number of halogens is 2. The Hall–Kier alpha value is -1.98. The van der Waals surface area contributed by atoms with Crippen LogP contribution < -0.4 is 0 Å². The number of carboxylic acids is 1. The first kappa shape index (κ1) is 14.4. The topological polar surface area (TPSA) is 57.6 Å². The molecule has 0 spiro atoms. The number of carbonyl (C=O) groups excluding carboxylic acids is 1. The summed E-state index contributed by atoms with van der Waals surface area (Å²) in [6, 6.07) is 2.67. The van der Waals surface area contributed by atoms with Crippen molar-refractivity contribution < 1.29 is 23.5 Å². The standard InChI is InChI=1S/C14H15F2NO3/c1-14(13(19)20)2-4-17(5-3-14)12(18)9-6-10(15)8-11(16)7-9/h6-8H,2-5H2,1H3,(H,19,20). The molecule has 0 aromatic heterocycles. The number of likely N-dealkylation sites (tertiary alicyclic amines) is 1. The van der Waals surface area contributed by atoms with Crippen LogP contribution in [0.4, 0.5) is 8.78 Å². The van der Waals surface area contributed by atoms with E-state index in [1.165, 1.54) is 4.90 Å². The summed E-state index contributed by atoms with van der Waals surface area (Å²) in [5.41, 5.74) is -0.898. The van der Waals surface area contributed by atoms with Crippen LogP contribution in [0.3, 0.4) is 0 Å². The van der Waals surface area contributed by atoms with Gasteiger partial charge >= 0.3 is 5.97 Å². The number of amides is 1. The van der Waals surface area contributed by atoms with E-state index in [1.807, 2.05) is 0 Å². The Balaban J connectivity index is 2.10. The Bertz CT molecular complexity index is 531. The van der Waals surface area contributed by atoms with Gasteiger partial charge in [0.25, 0.3) is 5.91 Å². The first-order valence-corrected chi connectivity index (χ1v) is 6.31. The highest BCUT2D eigenvalue weighted by Crippen LogP contribution is 2.31.